The standard InChI is InChI=1S/C23H25ClN2O5/c1-12-6-7-17(29-5)14(8-12)23(9-15(23)16-10-25-19(24)13(2)26-16)21(28)31-18-20(27)30-11-22(18,3)4/h6-8,10,15,18H,9,11H2,1-5H3/t15-,18+,23-/m1/s1. The summed E-state index contributed by atoms with van der Waals surface area (Å²) in [5, 5.41) is 0.321. The Morgan fingerprint density at radius 2 is 2.03 bits per heavy atom. The molecule has 8 heteroatoms. The maximum absolute atomic E-state index is 13.7. The molecule has 2 heterocycles. The molecule has 0 bridgehead atoms. The SMILES string of the molecule is COc1ccc(C)cc1[C@]1(C(=O)O[C@H]2C(=O)OCC2(C)C)C[C@@H]1c1cnc(Cl)c(C)n1. The molecule has 2 aromatic rings. The summed E-state index contributed by atoms with van der Waals surface area (Å²) in [5.74, 6) is -0.714. The van der Waals surface area contributed by atoms with Crippen LogP contribution in [0.3, 0.4) is 0 Å². The number of cyclic esters (lactones) is 1. The smallest absolute Gasteiger partial charge is 0.348 e. The maximum atomic E-state index is 13.7. The number of benzene rings is 1. The number of aryl methyl sites for hydroxylation is 2. The third-order valence-corrected chi connectivity index (χ3v) is 6.53. The summed E-state index contributed by atoms with van der Waals surface area (Å²) < 4.78 is 16.5. The lowest BCUT2D eigenvalue weighted by molar-refractivity contribution is -0.165. The number of hydrogen-bond acceptors (Lipinski definition) is 7. The van der Waals surface area contributed by atoms with E-state index in [1.807, 2.05) is 39.0 Å². The van der Waals surface area contributed by atoms with Crippen LogP contribution in [-0.4, -0.2) is 41.7 Å². The Morgan fingerprint density at radius 1 is 1.29 bits per heavy atom. The molecule has 1 saturated carbocycles. The summed E-state index contributed by atoms with van der Waals surface area (Å²) in [6.07, 6.45) is 1.08. The molecule has 0 radical (unpaired) electrons. The predicted molar refractivity (Wildman–Crippen MR) is 113 cm³/mol. The first-order chi connectivity index (χ1) is 14.6. The number of ether oxygens (including phenoxy) is 3. The zero-order chi connectivity index (χ0) is 22.6. The molecule has 0 amide bonds. The average Bonchev–Trinajstić information content (AvgIpc) is 3.43. The molecular formula is C23H25ClN2O5. The van der Waals surface area contributed by atoms with Crippen LogP contribution >= 0.6 is 11.6 Å². The van der Waals surface area contributed by atoms with Gasteiger partial charge in [-0.15, -0.1) is 0 Å². The first kappa shape index (κ1) is 21.6. The van der Waals surface area contributed by atoms with E-state index in [-0.39, 0.29) is 12.5 Å². The van der Waals surface area contributed by atoms with Gasteiger partial charge in [0.15, 0.2) is 0 Å². The van der Waals surface area contributed by atoms with Crippen LogP contribution in [0.25, 0.3) is 0 Å². The zero-order valence-corrected chi connectivity index (χ0v) is 18.9. The number of carbonyl (C=O) groups is 2. The lowest BCUT2D eigenvalue weighted by Crippen LogP contribution is -2.39. The predicted octanol–water partition coefficient (Wildman–Crippen LogP) is 3.68. The van der Waals surface area contributed by atoms with E-state index in [0.717, 1.165) is 5.56 Å². The molecule has 31 heavy (non-hydrogen) atoms. The first-order valence-electron chi connectivity index (χ1n) is 10.1. The van der Waals surface area contributed by atoms with Gasteiger partial charge in [0.05, 0.1) is 24.7 Å². The monoisotopic (exact) mass is 444 g/mol. The molecular weight excluding hydrogens is 420 g/mol. The third-order valence-electron chi connectivity index (χ3n) is 6.16. The molecule has 0 unspecified atom stereocenters. The van der Waals surface area contributed by atoms with E-state index in [1.165, 1.54) is 0 Å². The summed E-state index contributed by atoms with van der Waals surface area (Å²) >= 11 is 6.05. The highest BCUT2D eigenvalue weighted by Gasteiger charge is 2.66. The lowest BCUT2D eigenvalue weighted by Gasteiger charge is -2.26. The van der Waals surface area contributed by atoms with Gasteiger partial charge in [0, 0.05) is 16.9 Å². The van der Waals surface area contributed by atoms with Crippen molar-refractivity contribution in [3.05, 3.63) is 52.1 Å². The number of hydrogen-bond donors (Lipinski definition) is 0. The van der Waals surface area contributed by atoms with E-state index in [2.05, 4.69) is 9.97 Å². The van der Waals surface area contributed by atoms with Gasteiger partial charge in [-0.3, -0.25) is 9.78 Å². The van der Waals surface area contributed by atoms with Crippen LogP contribution in [0.1, 0.15) is 48.7 Å². The van der Waals surface area contributed by atoms with E-state index in [9.17, 15) is 9.59 Å². The number of carbonyl (C=O) groups excluding carboxylic acids is 2. The van der Waals surface area contributed by atoms with Crippen molar-refractivity contribution in [1.82, 2.24) is 9.97 Å². The van der Waals surface area contributed by atoms with Crippen molar-refractivity contribution in [2.45, 2.75) is 51.6 Å². The minimum atomic E-state index is -1.04. The molecule has 2 aliphatic rings. The summed E-state index contributed by atoms with van der Waals surface area (Å²) in [5.41, 5.74) is 1.29. The molecule has 164 valence electrons. The maximum Gasteiger partial charge on any atom is 0.348 e. The van der Waals surface area contributed by atoms with Crippen molar-refractivity contribution < 1.29 is 23.8 Å². The Balaban J connectivity index is 1.78. The molecule has 2 fully saturated rings. The number of methoxy groups -OCH3 is 1. The minimum absolute atomic E-state index is 0.204. The molecule has 4 rings (SSSR count). The van der Waals surface area contributed by atoms with Gasteiger partial charge in [-0.25, -0.2) is 9.78 Å². The van der Waals surface area contributed by atoms with E-state index >= 15 is 0 Å². The van der Waals surface area contributed by atoms with Crippen LogP contribution in [0.5, 0.6) is 5.75 Å². The number of aromatic nitrogens is 2. The van der Waals surface area contributed by atoms with Crippen LogP contribution in [0, 0.1) is 19.3 Å². The van der Waals surface area contributed by atoms with E-state index in [4.69, 9.17) is 25.8 Å². The van der Waals surface area contributed by atoms with Gasteiger partial charge in [0.2, 0.25) is 6.10 Å². The number of nitrogens with zero attached hydrogens (tertiary/aromatic N) is 2. The molecule has 0 spiro atoms. The Bertz CT molecular complexity index is 1070. The van der Waals surface area contributed by atoms with Crippen molar-refractivity contribution >= 4 is 23.5 Å². The highest BCUT2D eigenvalue weighted by molar-refractivity contribution is 6.29. The second-order valence-electron chi connectivity index (χ2n) is 8.98. The largest absolute Gasteiger partial charge is 0.496 e. The van der Waals surface area contributed by atoms with Crippen molar-refractivity contribution in [2.75, 3.05) is 13.7 Å². The normalized spacial score (nSPS) is 26.3. The van der Waals surface area contributed by atoms with Gasteiger partial charge in [0.25, 0.3) is 0 Å². The Labute approximate surface area is 186 Å². The first-order valence-corrected chi connectivity index (χ1v) is 10.5. The zero-order valence-electron chi connectivity index (χ0n) is 18.2. The molecule has 7 nitrogen and oxygen atoms in total. The van der Waals surface area contributed by atoms with Crippen molar-refractivity contribution in [1.29, 1.82) is 0 Å². The van der Waals surface area contributed by atoms with Gasteiger partial charge in [-0.1, -0.05) is 43.1 Å². The van der Waals surface area contributed by atoms with Crippen molar-refractivity contribution in [3.63, 3.8) is 0 Å². The summed E-state index contributed by atoms with van der Waals surface area (Å²) in [6.45, 7) is 7.60. The van der Waals surface area contributed by atoms with Crippen molar-refractivity contribution in [3.8, 4) is 5.75 Å². The molecule has 1 aliphatic carbocycles. The quantitative estimate of drug-likeness (QED) is 0.650. The van der Waals surface area contributed by atoms with Gasteiger partial charge in [-0.05, 0) is 26.3 Å². The van der Waals surface area contributed by atoms with E-state index < -0.39 is 28.9 Å². The average molecular weight is 445 g/mol. The van der Waals surface area contributed by atoms with E-state index in [1.54, 1.807) is 20.2 Å². The minimum Gasteiger partial charge on any atom is -0.496 e. The number of halogens is 1. The van der Waals surface area contributed by atoms with Crippen LogP contribution < -0.4 is 4.74 Å². The fraction of sp³-hybridized carbons (Fsp3) is 0.478. The van der Waals surface area contributed by atoms with Crippen LogP contribution in [-0.2, 0) is 24.5 Å². The fourth-order valence-corrected chi connectivity index (χ4v) is 4.31. The van der Waals surface area contributed by atoms with E-state index in [0.29, 0.717) is 34.3 Å². The van der Waals surface area contributed by atoms with Crippen LogP contribution in [0.15, 0.2) is 24.4 Å². The molecule has 0 N–H and O–H groups in total. The fourth-order valence-electron chi connectivity index (χ4n) is 4.22. The van der Waals surface area contributed by atoms with Gasteiger partial charge in [0.1, 0.15) is 22.9 Å². The Hall–Kier alpha value is -2.67. The molecule has 1 aliphatic heterocycles. The summed E-state index contributed by atoms with van der Waals surface area (Å²) in [4.78, 5) is 34.7. The van der Waals surface area contributed by atoms with Crippen molar-refractivity contribution in [2.24, 2.45) is 5.41 Å². The summed E-state index contributed by atoms with van der Waals surface area (Å²) in [7, 11) is 1.56. The molecule has 3 atom stereocenters. The van der Waals surface area contributed by atoms with Crippen LogP contribution in [0.4, 0.5) is 0 Å². The highest BCUT2D eigenvalue weighted by atomic mass is 35.5. The number of rotatable bonds is 5. The Kier molecular flexibility index (Phi) is 5.20. The van der Waals surface area contributed by atoms with Gasteiger partial charge >= 0.3 is 11.9 Å². The van der Waals surface area contributed by atoms with Gasteiger partial charge < -0.3 is 14.2 Å². The van der Waals surface area contributed by atoms with Gasteiger partial charge in [-0.2, -0.15) is 0 Å². The highest BCUT2D eigenvalue weighted by Crippen LogP contribution is 2.63. The second-order valence-corrected chi connectivity index (χ2v) is 9.34. The number of esters is 2. The molecule has 1 aromatic heterocycles. The lowest BCUT2D eigenvalue weighted by atomic mass is 9.88. The third kappa shape index (κ3) is 3.55. The molecule has 1 aromatic carbocycles. The molecule has 1 saturated heterocycles. The Morgan fingerprint density at radius 3 is 2.65 bits per heavy atom. The topological polar surface area (TPSA) is 87.6 Å². The second kappa shape index (κ2) is 7.48. The summed E-state index contributed by atoms with van der Waals surface area (Å²) in [6, 6.07) is 5.68. The van der Waals surface area contributed by atoms with Crippen LogP contribution in [0.2, 0.25) is 5.15 Å².